The maximum absolute atomic E-state index is 10.8. The minimum absolute atomic E-state index is 0.238. The van der Waals surface area contributed by atoms with E-state index in [1.807, 2.05) is 30.3 Å². The van der Waals surface area contributed by atoms with E-state index in [4.69, 9.17) is 28.3 Å². The lowest BCUT2D eigenvalue weighted by Gasteiger charge is -2.12. The number of hydrazine groups is 1. The van der Waals surface area contributed by atoms with Gasteiger partial charge >= 0.3 is 5.97 Å². The Kier molecular flexibility index (Phi) is 6.15. The zero-order valence-electron chi connectivity index (χ0n) is 12.4. The summed E-state index contributed by atoms with van der Waals surface area (Å²) in [5.74, 6) is 4.66. The lowest BCUT2D eigenvalue weighted by molar-refractivity contribution is -0.132. The van der Waals surface area contributed by atoms with Gasteiger partial charge in [-0.3, -0.25) is 0 Å². The van der Waals surface area contributed by atoms with Crippen LogP contribution in [-0.2, 0) is 10.5 Å². The molecule has 5 nitrogen and oxygen atoms in total. The van der Waals surface area contributed by atoms with Crippen molar-refractivity contribution < 1.29 is 9.90 Å². The molecule has 1 aromatic carbocycles. The summed E-state index contributed by atoms with van der Waals surface area (Å²) >= 11 is 7.51. The van der Waals surface area contributed by atoms with Crippen LogP contribution in [0.4, 0.5) is 0 Å². The fraction of sp³-hybridized carbons (Fsp3) is 0.188. The Morgan fingerprint density at radius 2 is 2.04 bits per heavy atom. The minimum Gasteiger partial charge on any atom is -0.477 e. The predicted octanol–water partition coefficient (Wildman–Crippen LogP) is 2.90. The molecule has 0 bridgehead atoms. The van der Waals surface area contributed by atoms with E-state index in [0.717, 1.165) is 34.6 Å². The Labute approximate surface area is 144 Å². The zero-order chi connectivity index (χ0) is 16.8. The van der Waals surface area contributed by atoms with Gasteiger partial charge in [0.2, 0.25) is 0 Å². The molecule has 122 valence electrons. The molecule has 6 N–H and O–H groups in total. The van der Waals surface area contributed by atoms with Crippen LogP contribution in [0.15, 0.2) is 52.2 Å². The van der Waals surface area contributed by atoms with Gasteiger partial charge in [-0.15, -0.1) is 11.8 Å². The summed E-state index contributed by atoms with van der Waals surface area (Å²) in [7, 11) is 0. The Morgan fingerprint density at radius 3 is 2.61 bits per heavy atom. The number of nitrogens with two attached hydrogens (primary N) is 2. The molecule has 0 aromatic heterocycles. The van der Waals surface area contributed by atoms with Crippen LogP contribution in [0.2, 0.25) is 0 Å². The number of hydrogen-bond acceptors (Lipinski definition) is 5. The second-order valence-electron chi connectivity index (χ2n) is 4.94. The molecule has 0 aliphatic heterocycles. The fourth-order valence-electron chi connectivity index (χ4n) is 2.12. The third kappa shape index (κ3) is 4.54. The molecule has 1 aliphatic carbocycles. The second-order valence-corrected chi connectivity index (χ2v) is 6.38. The number of halogens is 1. The molecule has 0 fully saturated rings. The number of hydrogen-bond donors (Lipinski definition) is 4. The first-order valence-electron chi connectivity index (χ1n) is 7.00. The normalized spacial score (nSPS) is 15.4. The van der Waals surface area contributed by atoms with Crippen molar-refractivity contribution in [3.8, 4) is 0 Å². The first-order valence-corrected chi connectivity index (χ1v) is 8.36. The molecule has 2 rings (SSSR count). The van der Waals surface area contributed by atoms with Gasteiger partial charge in [-0.2, -0.15) is 0 Å². The summed E-state index contributed by atoms with van der Waals surface area (Å²) in [5, 5.41) is 9.99. The van der Waals surface area contributed by atoms with E-state index in [-0.39, 0.29) is 10.7 Å². The smallest absolute Gasteiger partial charge is 0.354 e. The van der Waals surface area contributed by atoms with Gasteiger partial charge < -0.3 is 16.3 Å². The largest absolute Gasteiger partial charge is 0.477 e. The highest BCUT2D eigenvalue weighted by molar-refractivity contribution is 8.02. The first-order chi connectivity index (χ1) is 11.0. The highest BCUT2D eigenvalue weighted by Crippen LogP contribution is 2.30. The van der Waals surface area contributed by atoms with Gasteiger partial charge in [0, 0.05) is 10.8 Å². The van der Waals surface area contributed by atoms with Crippen LogP contribution in [0.1, 0.15) is 24.0 Å². The Balaban J connectivity index is 2.08. The summed E-state index contributed by atoms with van der Waals surface area (Å²) in [6.07, 6.45) is 6.00. The van der Waals surface area contributed by atoms with Gasteiger partial charge in [-0.05, 0) is 29.5 Å². The molecule has 0 radical (unpaired) electrons. The van der Waals surface area contributed by atoms with E-state index < -0.39 is 5.97 Å². The van der Waals surface area contributed by atoms with Crippen molar-refractivity contribution in [1.29, 1.82) is 0 Å². The summed E-state index contributed by atoms with van der Waals surface area (Å²) in [5.41, 5.74) is 10.6. The summed E-state index contributed by atoms with van der Waals surface area (Å²) in [6, 6.07) is 7.96. The molecule has 0 spiro atoms. The van der Waals surface area contributed by atoms with E-state index in [1.54, 1.807) is 0 Å². The van der Waals surface area contributed by atoms with E-state index in [2.05, 4.69) is 11.5 Å². The van der Waals surface area contributed by atoms with Gasteiger partial charge in [0.15, 0.2) is 0 Å². The van der Waals surface area contributed by atoms with Crippen LogP contribution in [0.5, 0.6) is 0 Å². The quantitative estimate of drug-likeness (QED) is 0.357. The van der Waals surface area contributed by atoms with Crippen molar-refractivity contribution in [2.24, 2.45) is 11.6 Å². The first kappa shape index (κ1) is 17.5. The van der Waals surface area contributed by atoms with Crippen LogP contribution < -0.4 is 17.0 Å². The Bertz CT molecular complexity index is 681. The van der Waals surface area contributed by atoms with Crippen molar-refractivity contribution in [3.63, 3.8) is 0 Å². The lowest BCUT2D eigenvalue weighted by Crippen LogP contribution is -2.26. The number of benzene rings is 1. The van der Waals surface area contributed by atoms with Crippen molar-refractivity contribution in [2.45, 2.75) is 18.6 Å². The average molecular weight is 352 g/mol. The molecule has 1 aliphatic rings. The molecule has 0 heterocycles. The SMILES string of the molecule is NN/C(SCc1ccc(C2=C(Cl)CCC=C2)cc1)=C(\N)C(=O)O. The van der Waals surface area contributed by atoms with Crippen molar-refractivity contribution in [3.05, 3.63) is 63.3 Å². The molecular weight excluding hydrogens is 334 g/mol. The van der Waals surface area contributed by atoms with E-state index in [1.165, 1.54) is 11.8 Å². The third-order valence-corrected chi connectivity index (χ3v) is 4.86. The maximum atomic E-state index is 10.8. The average Bonchev–Trinajstić information content (AvgIpc) is 2.56. The molecule has 23 heavy (non-hydrogen) atoms. The molecule has 0 unspecified atom stereocenters. The van der Waals surface area contributed by atoms with Gasteiger partial charge in [-0.25, -0.2) is 10.6 Å². The van der Waals surface area contributed by atoms with Crippen molar-refractivity contribution in [2.75, 3.05) is 0 Å². The number of thioether (sulfide) groups is 1. The summed E-state index contributed by atoms with van der Waals surface area (Å²) < 4.78 is 0. The Morgan fingerprint density at radius 1 is 1.35 bits per heavy atom. The number of aliphatic carboxylic acids is 1. The topological polar surface area (TPSA) is 101 Å². The molecule has 0 atom stereocenters. The van der Waals surface area contributed by atoms with Crippen LogP contribution in [0.25, 0.3) is 5.57 Å². The summed E-state index contributed by atoms with van der Waals surface area (Å²) in [6.45, 7) is 0. The fourth-order valence-corrected chi connectivity index (χ4v) is 3.23. The van der Waals surface area contributed by atoms with Gasteiger partial charge in [0.05, 0.1) is 0 Å². The molecule has 0 amide bonds. The maximum Gasteiger partial charge on any atom is 0.354 e. The van der Waals surface area contributed by atoms with Crippen LogP contribution in [0, 0.1) is 0 Å². The number of rotatable bonds is 6. The highest BCUT2D eigenvalue weighted by atomic mass is 35.5. The molecule has 7 heteroatoms. The second kappa shape index (κ2) is 8.10. The van der Waals surface area contributed by atoms with Crippen molar-refractivity contribution >= 4 is 34.9 Å². The zero-order valence-corrected chi connectivity index (χ0v) is 14.0. The number of carbonyl (C=O) groups is 1. The Hall–Kier alpha value is -1.89. The lowest BCUT2D eigenvalue weighted by atomic mass is 9.99. The van der Waals surface area contributed by atoms with Gasteiger partial charge in [0.1, 0.15) is 10.7 Å². The van der Waals surface area contributed by atoms with E-state index in [9.17, 15) is 4.79 Å². The monoisotopic (exact) mass is 351 g/mol. The minimum atomic E-state index is -1.20. The van der Waals surface area contributed by atoms with Crippen molar-refractivity contribution in [1.82, 2.24) is 5.43 Å². The van der Waals surface area contributed by atoms with Crippen LogP contribution in [-0.4, -0.2) is 11.1 Å². The van der Waals surface area contributed by atoms with E-state index in [0.29, 0.717) is 5.75 Å². The predicted molar refractivity (Wildman–Crippen MR) is 95.1 cm³/mol. The number of carboxylic acid groups (broad SMARTS) is 1. The number of allylic oxidation sites excluding steroid dienone is 4. The summed E-state index contributed by atoms with van der Waals surface area (Å²) in [4.78, 5) is 10.8. The standard InChI is InChI=1S/C16H18ClN3O2S/c17-13-4-2-1-3-12(13)11-7-5-10(6-8-11)9-23-15(20-19)14(18)16(21)22/h1,3,5-8,20H,2,4,9,18-19H2,(H,21,22)/b15-14+. The molecule has 1 aromatic rings. The number of carboxylic acids is 1. The van der Waals surface area contributed by atoms with Gasteiger partial charge in [-0.1, -0.05) is 48.0 Å². The van der Waals surface area contributed by atoms with Gasteiger partial charge in [0.25, 0.3) is 0 Å². The molecular formula is C16H18ClN3O2S. The number of nitrogens with one attached hydrogen (secondary N) is 1. The highest BCUT2D eigenvalue weighted by Gasteiger charge is 2.11. The third-order valence-electron chi connectivity index (χ3n) is 3.36. The van der Waals surface area contributed by atoms with E-state index >= 15 is 0 Å². The van der Waals surface area contributed by atoms with Crippen LogP contribution in [0.3, 0.4) is 0 Å². The van der Waals surface area contributed by atoms with Crippen LogP contribution >= 0.6 is 23.4 Å². The molecule has 0 saturated heterocycles. The molecule has 0 saturated carbocycles.